The molecular formula is C18H16BrFN2O2. The van der Waals surface area contributed by atoms with Gasteiger partial charge in [0.25, 0.3) is 0 Å². The Morgan fingerprint density at radius 1 is 1.25 bits per heavy atom. The Kier molecular flexibility index (Phi) is 4.94. The zero-order valence-electron chi connectivity index (χ0n) is 12.8. The number of rotatable bonds is 4. The third-order valence-electron chi connectivity index (χ3n) is 4.05. The molecule has 2 aromatic rings. The molecule has 2 amide bonds. The second kappa shape index (κ2) is 7.13. The number of carbonyl (C=O) groups is 2. The molecule has 6 heteroatoms. The Hall–Kier alpha value is -2.21. The summed E-state index contributed by atoms with van der Waals surface area (Å²) in [5.41, 5.74) is 1.17. The average molecular weight is 391 g/mol. The number of anilines is 1. The minimum absolute atomic E-state index is 0.0756. The molecule has 0 radical (unpaired) electrons. The van der Waals surface area contributed by atoms with Gasteiger partial charge in [0, 0.05) is 28.8 Å². The van der Waals surface area contributed by atoms with Gasteiger partial charge in [0.15, 0.2) is 0 Å². The third kappa shape index (κ3) is 3.48. The number of amides is 2. The molecule has 3 rings (SSSR count). The van der Waals surface area contributed by atoms with E-state index in [9.17, 15) is 14.0 Å². The van der Waals surface area contributed by atoms with Crippen LogP contribution in [0.2, 0.25) is 0 Å². The Balaban J connectivity index is 1.64. The molecule has 24 heavy (non-hydrogen) atoms. The van der Waals surface area contributed by atoms with Gasteiger partial charge in [-0.2, -0.15) is 0 Å². The van der Waals surface area contributed by atoms with Gasteiger partial charge in [-0.05, 0) is 30.7 Å². The maximum atomic E-state index is 13.6. The first kappa shape index (κ1) is 16.6. The van der Waals surface area contributed by atoms with Crippen molar-refractivity contribution in [2.75, 3.05) is 11.4 Å². The summed E-state index contributed by atoms with van der Waals surface area (Å²) in [4.78, 5) is 26.4. The van der Waals surface area contributed by atoms with Crippen molar-refractivity contribution in [3.05, 3.63) is 64.4 Å². The molecule has 1 atom stereocenters. The van der Waals surface area contributed by atoms with Gasteiger partial charge in [-0.1, -0.05) is 40.2 Å². The van der Waals surface area contributed by atoms with Crippen molar-refractivity contribution in [3.8, 4) is 0 Å². The lowest BCUT2D eigenvalue weighted by Crippen LogP contribution is -2.36. The van der Waals surface area contributed by atoms with Crippen molar-refractivity contribution in [2.45, 2.75) is 13.0 Å². The van der Waals surface area contributed by atoms with E-state index in [-0.39, 0.29) is 24.2 Å². The van der Waals surface area contributed by atoms with E-state index in [1.54, 1.807) is 23.1 Å². The van der Waals surface area contributed by atoms with Gasteiger partial charge in [0.1, 0.15) is 11.7 Å². The average Bonchev–Trinajstić information content (AvgIpc) is 2.95. The quantitative estimate of drug-likeness (QED) is 0.814. The van der Waals surface area contributed by atoms with Crippen LogP contribution in [-0.2, 0) is 16.1 Å². The highest BCUT2D eigenvalue weighted by Gasteiger charge is 2.37. The normalized spacial score (nSPS) is 17.2. The van der Waals surface area contributed by atoms with E-state index >= 15 is 0 Å². The predicted molar refractivity (Wildman–Crippen MR) is 92.8 cm³/mol. The van der Waals surface area contributed by atoms with Crippen LogP contribution in [0.1, 0.15) is 12.0 Å². The molecule has 0 aliphatic carbocycles. The van der Waals surface area contributed by atoms with Gasteiger partial charge in [-0.15, -0.1) is 0 Å². The zero-order valence-corrected chi connectivity index (χ0v) is 14.4. The van der Waals surface area contributed by atoms with Crippen LogP contribution in [0, 0.1) is 11.7 Å². The lowest BCUT2D eigenvalue weighted by Gasteiger charge is -2.17. The van der Waals surface area contributed by atoms with Crippen LogP contribution in [0.15, 0.2) is 53.0 Å². The molecule has 4 nitrogen and oxygen atoms in total. The fourth-order valence-electron chi connectivity index (χ4n) is 2.77. The fraction of sp³-hybridized carbons (Fsp3) is 0.222. The third-order valence-corrected chi connectivity index (χ3v) is 4.55. The van der Waals surface area contributed by atoms with Gasteiger partial charge < -0.3 is 10.2 Å². The van der Waals surface area contributed by atoms with E-state index in [4.69, 9.17) is 0 Å². The molecule has 1 heterocycles. The Bertz CT molecular complexity index is 781. The molecule has 0 unspecified atom stereocenters. The van der Waals surface area contributed by atoms with E-state index in [0.717, 1.165) is 10.2 Å². The number of hydrogen-bond donors (Lipinski definition) is 1. The smallest absolute Gasteiger partial charge is 0.239 e. The largest absolute Gasteiger partial charge is 0.351 e. The summed E-state index contributed by atoms with van der Waals surface area (Å²) < 4.78 is 14.5. The van der Waals surface area contributed by atoms with Crippen LogP contribution in [-0.4, -0.2) is 18.4 Å². The zero-order chi connectivity index (χ0) is 17.1. The summed E-state index contributed by atoms with van der Waals surface area (Å²) >= 11 is 3.38. The summed E-state index contributed by atoms with van der Waals surface area (Å²) in [6, 6.07) is 13.7. The maximum Gasteiger partial charge on any atom is 0.239 e. The number of benzene rings is 2. The minimum Gasteiger partial charge on any atom is -0.351 e. The molecular weight excluding hydrogens is 375 g/mol. The summed E-state index contributed by atoms with van der Waals surface area (Å²) in [7, 11) is 0. The maximum absolute atomic E-state index is 13.6. The van der Waals surface area contributed by atoms with Crippen LogP contribution in [0.3, 0.4) is 0 Å². The molecule has 1 aliphatic heterocycles. The number of nitrogens with one attached hydrogen (secondary N) is 1. The van der Waals surface area contributed by atoms with Crippen molar-refractivity contribution in [1.29, 1.82) is 0 Å². The Morgan fingerprint density at radius 3 is 2.79 bits per heavy atom. The molecule has 0 spiro atoms. The molecule has 2 aromatic carbocycles. The second-order valence-electron chi connectivity index (χ2n) is 5.62. The van der Waals surface area contributed by atoms with Crippen LogP contribution in [0.5, 0.6) is 0 Å². The highest BCUT2D eigenvalue weighted by molar-refractivity contribution is 9.10. The van der Waals surface area contributed by atoms with Gasteiger partial charge in [-0.3, -0.25) is 9.59 Å². The van der Waals surface area contributed by atoms with E-state index in [1.807, 2.05) is 24.3 Å². The van der Waals surface area contributed by atoms with Crippen LogP contribution in [0.25, 0.3) is 0 Å². The topological polar surface area (TPSA) is 49.4 Å². The van der Waals surface area contributed by atoms with E-state index in [0.29, 0.717) is 18.5 Å². The lowest BCUT2D eigenvalue weighted by atomic mass is 10.1. The van der Waals surface area contributed by atoms with E-state index in [2.05, 4.69) is 21.2 Å². The first-order valence-corrected chi connectivity index (χ1v) is 8.43. The molecule has 0 aromatic heterocycles. The second-order valence-corrected chi connectivity index (χ2v) is 6.54. The monoisotopic (exact) mass is 390 g/mol. The van der Waals surface area contributed by atoms with Crippen molar-refractivity contribution in [3.63, 3.8) is 0 Å². The molecule has 1 fully saturated rings. The highest BCUT2D eigenvalue weighted by Crippen LogP contribution is 2.27. The molecule has 1 saturated heterocycles. The van der Waals surface area contributed by atoms with Crippen molar-refractivity contribution >= 4 is 33.4 Å². The van der Waals surface area contributed by atoms with Gasteiger partial charge in [0.05, 0.1) is 0 Å². The fourth-order valence-corrected chi connectivity index (χ4v) is 3.16. The first-order chi connectivity index (χ1) is 11.6. The predicted octanol–water partition coefficient (Wildman–Crippen LogP) is 3.26. The van der Waals surface area contributed by atoms with Gasteiger partial charge in [-0.25, -0.2) is 4.39 Å². The lowest BCUT2D eigenvalue weighted by molar-refractivity contribution is -0.132. The van der Waals surface area contributed by atoms with Crippen molar-refractivity contribution in [1.82, 2.24) is 5.32 Å². The minimum atomic E-state index is -0.726. The SMILES string of the molecule is O=C(NCc1ccccc1F)[C@H]1CCN(c2cccc(Br)c2)C1=O. The summed E-state index contributed by atoms with van der Waals surface area (Å²) in [6.07, 6.45) is 0.453. The summed E-state index contributed by atoms with van der Waals surface area (Å²) in [5.74, 6) is -1.68. The first-order valence-electron chi connectivity index (χ1n) is 7.64. The number of carbonyl (C=O) groups excluding carboxylic acids is 2. The summed E-state index contributed by atoms with van der Waals surface area (Å²) in [5, 5.41) is 2.66. The van der Waals surface area contributed by atoms with Crippen LogP contribution < -0.4 is 10.2 Å². The van der Waals surface area contributed by atoms with Crippen LogP contribution >= 0.6 is 15.9 Å². The number of hydrogen-bond acceptors (Lipinski definition) is 2. The molecule has 0 bridgehead atoms. The van der Waals surface area contributed by atoms with Crippen LogP contribution in [0.4, 0.5) is 10.1 Å². The Labute approximate surface area is 147 Å². The van der Waals surface area contributed by atoms with Gasteiger partial charge in [0.2, 0.25) is 11.8 Å². The van der Waals surface area contributed by atoms with Gasteiger partial charge >= 0.3 is 0 Å². The molecule has 1 N–H and O–H groups in total. The molecule has 1 aliphatic rings. The van der Waals surface area contributed by atoms with Crippen molar-refractivity contribution in [2.24, 2.45) is 5.92 Å². The van der Waals surface area contributed by atoms with Crippen molar-refractivity contribution < 1.29 is 14.0 Å². The molecule has 124 valence electrons. The summed E-state index contributed by atoms with van der Waals surface area (Å²) in [6.45, 7) is 0.569. The van der Waals surface area contributed by atoms with E-state index in [1.165, 1.54) is 6.07 Å². The number of nitrogens with zero attached hydrogens (tertiary/aromatic N) is 1. The highest BCUT2D eigenvalue weighted by atomic mass is 79.9. The number of halogens is 2. The van der Waals surface area contributed by atoms with E-state index < -0.39 is 5.92 Å². The standard InChI is InChI=1S/C18H16BrFN2O2/c19-13-5-3-6-14(10-13)22-9-8-15(18(22)24)17(23)21-11-12-4-1-2-7-16(12)20/h1-7,10,15H,8-9,11H2,(H,21,23)/t15-/m1/s1. The Morgan fingerprint density at radius 2 is 2.04 bits per heavy atom. The molecule has 0 saturated carbocycles.